The van der Waals surface area contributed by atoms with Crippen LogP contribution in [-0.4, -0.2) is 51.3 Å². The third-order valence-corrected chi connectivity index (χ3v) is 3.59. The van der Waals surface area contributed by atoms with Crippen molar-refractivity contribution in [3.8, 4) is 11.5 Å². The molecule has 21 heavy (non-hydrogen) atoms. The van der Waals surface area contributed by atoms with Crippen molar-refractivity contribution < 1.29 is 9.47 Å². The molecule has 0 amide bonds. The minimum Gasteiger partial charge on any atom is -0.491 e. The van der Waals surface area contributed by atoms with Gasteiger partial charge in [-0.3, -0.25) is 0 Å². The summed E-state index contributed by atoms with van der Waals surface area (Å²) in [6, 6.07) is 3.65. The molecule has 0 aliphatic carbocycles. The first-order chi connectivity index (χ1) is 10.2. The summed E-state index contributed by atoms with van der Waals surface area (Å²) in [7, 11) is 2.13. The summed E-state index contributed by atoms with van der Waals surface area (Å²) in [6.45, 7) is 8.87. The van der Waals surface area contributed by atoms with Crippen LogP contribution in [0.25, 0.3) is 4.98 Å². The molecule has 1 aliphatic heterocycles. The van der Waals surface area contributed by atoms with Crippen LogP contribution in [0.1, 0.15) is 13.8 Å². The van der Waals surface area contributed by atoms with Crippen LogP contribution in [0.2, 0.25) is 0 Å². The van der Waals surface area contributed by atoms with E-state index >= 15 is 0 Å². The molecule has 1 aromatic rings. The molecule has 0 N–H and O–H groups in total. The maximum atomic E-state index is 9.14. The van der Waals surface area contributed by atoms with E-state index in [1.165, 1.54) is 0 Å². The van der Waals surface area contributed by atoms with Gasteiger partial charge in [-0.1, -0.05) is 0 Å². The topological polar surface area (TPSA) is 53.1 Å². The van der Waals surface area contributed by atoms with Crippen LogP contribution >= 0.6 is 0 Å². The lowest BCUT2D eigenvalue weighted by Crippen LogP contribution is -2.44. The van der Waals surface area contributed by atoms with Crippen LogP contribution in [0.5, 0.6) is 11.5 Å². The van der Waals surface area contributed by atoms with Crippen molar-refractivity contribution in [1.82, 2.24) is 4.90 Å². The van der Waals surface area contributed by atoms with Gasteiger partial charge >= 0.3 is 5.69 Å². The van der Waals surface area contributed by atoms with Crippen molar-refractivity contribution in [1.29, 1.82) is 5.39 Å². The molecular formula is C15H23N4O2+. The van der Waals surface area contributed by atoms with Crippen LogP contribution in [0.4, 0.5) is 11.4 Å². The summed E-state index contributed by atoms with van der Waals surface area (Å²) in [4.78, 5) is 7.89. The number of piperazine rings is 1. The quantitative estimate of drug-likeness (QED) is 0.781. The van der Waals surface area contributed by atoms with Gasteiger partial charge in [0.1, 0.15) is 0 Å². The number of likely N-dealkylation sites (N-methyl/N-ethyl adjacent to an activating group) is 1. The van der Waals surface area contributed by atoms with Gasteiger partial charge in [-0.05, 0) is 20.9 Å². The highest BCUT2D eigenvalue weighted by atomic mass is 16.5. The number of diazo groups is 1. The molecule has 6 heteroatoms. The number of hydrogen-bond donors (Lipinski definition) is 0. The molecule has 0 atom stereocenters. The van der Waals surface area contributed by atoms with E-state index in [1.807, 2.05) is 19.9 Å². The SMILES string of the molecule is CCOc1cc(N2CCN(C)CC2)c(OCC)cc1[N+]#N. The molecule has 0 bridgehead atoms. The molecule has 0 aromatic heterocycles. The molecule has 0 unspecified atom stereocenters. The van der Waals surface area contributed by atoms with E-state index in [1.54, 1.807) is 6.07 Å². The number of rotatable bonds is 5. The fourth-order valence-corrected chi connectivity index (χ4v) is 2.45. The highest BCUT2D eigenvalue weighted by molar-refractivity contribution is 5.72. The Bertz CT molecular complexity index is 519. The number of nitrogens with zero attached hydrogens (tertiary/aromatic N) is 4. The number of hydrogen-bond acceptors (Lipinski definition) is 5. The molecule has 1 fully saturated rings. The molecule has 0 radical (unpaired) electrons. The Labute approximate surface area is 125 Å². The molecule has 1 aliphatic rings. The molecule has 1 heterocycles. The van der Waals surface area contributed by atoms with Crippen molar-refractivity contribution in [2.75, 3.05) is 51.3 Å². The summed E-state index contributed by atoms with van der Waals surface area (Å²) in [5.74, 6) is 1.32. The number of anilines is 1. The Kier molecular flexibility index (Phi) is 5.23. The van der Waals surface area contributed by atoms with Crippen molar-refractivity contribution in [2.45, 2.75) is 13.8 Å². The smallest absolute Gasteiger partial charge is 0.430 e. The van der Waals surface area contributed by atoms with Crippen molar-refractivity contribution in [2.24, 2.45) is 0 Å². The Morgan fingerprint density at radius 2 is 1.67 bits per heavy atom. The summed E-state index contributed by atoms with van der Waals surface area (Å²) in [6.07, 6.45) is 0. The molecule has 1 aromatic carbocycles. The van der Waals surface area contributed by atoms with Gasteiger partial charge in [0.05, 0.1) is 25.0 Å². The van der Waals surface area contributed by atoms with Gasteiger partial charge in [0.15, 0.2) is 10.7 Å². The molecule has 6 nitrogen and oxygen atoms in total. The first-order valence-corrected chi connectivity index (χ1v) is 7.41. The summed E-state index contributed by atoms with van der Waals surface area (Å²) >= 11 is 0. The summed E-state index contributed by atoms with van der Waals surface area (Å²) < 4.78 is 11.3. The predicted molar refractivity (Wildman–Crippen MR) is 83.2 cm³/mol. The zero-order valence-electron chi connectivity index (χ0n) is 13.0. The normalized spacial score (nSPS) is 15.6. The monoisotopic (exact) mass is 291 g/mol. The Morgan fingerprint density at radius 1 is 1.05 bits per heavy atom. The van der Waals surface area contributed by atoms with Crippen LogP contribution in [0.3, 0.4) is 0 Å². The van der Waals surface area contributed by atoms with Crippen LogP contribution in [0.15, 0.2) is 12.1 Å². The summed E-state index contributed by atoms with van der Waals surface area (Å²) in [5.41, 5.74) is 1.40. The van der Waals surface area contributed by atoms with Gasteiger partial charge in [0.2, 0.25) is 11.1 Å². The van der Waals surface area contributed by atoms with Crippen molar-refractivity contribution >= 4 is 11.4 Å². The zero-order chi connectivity index (χ0) is 15.2. The second-order valence-electron chi connectivity index (χ2n) is 5.04. The van der Waals surface area contributed by atoms with Crippen LogP contribution < -0.4 is 14.4 Å². The number of benzene rings is 1. The van der Waals surface area contributed by atoms with Crippen LogP contribution in [0, 0.1) is 5.39 Å². The lowest BCUT2D eigenvalue weighted by atomic mass is 10.2. The van der Waals surface area contributed by atoms with Gasteiger partial charge < -0.3 is 19.3 Å². The molecule has 2 rings (SSSR count). The molecule has 0 spiro atoms. The maximum absolute atomic E-state index is 9.14. The largest absolute Gasteiger partial charge is 0.491 e. The first kappa shape index (κ1) is 15.4. The second-order valence-corrected chi connectivity index (χ2v) is 5.04. The Hall–Kier alpha value is -2.00. The maximum Gasteiger partial charge on any atom is 0.430 e. The average molecular weight is 291 g/mol. The van der Waals surface area contributed by atoms with E-state index in [0.717, 1.165) is 37.6 Å². The minimum atomic E-state index is 0.401. The fourth-order valence-electron chi connectivity index (χ4n) is 2.45. The fraction of sp³-hybridized carbons (Fsp3) is 0.600. The zero-order valence-corrected chi connectivity index (χ0v) is 13.0. The molecule has 0 saturated carbocycles. The first-order valence-electron chi connectivity index (χ1n) is 7.41. The minimum absolute atomic E-state index is 0.401. The predicted octanol–water partition coefficient (Wildman–Crippen LogP) is 2.72. The Morgan fingerprint density at radius 3 is 2.24 bits per heavy atom. The molecule has 1 saturated heterocycles. The van der Waals surface area contributed by atoms with E-state index < -0.39 is 0 Å². The van der Waals surface area contributed by atoms with Gasteiger partial charge in [0, 0.05) is 32.2 Å². The lowest BCUT2D eigenvalue weighted by molar-refractivity contribution is 0.306. The van der Waals surface area contributed by atoms with Gasteiger partial charge in [-0.25, -0.2) is 0 Å². The molecular weight excluding hydrogens is 268 g/mol. The van der Waals surface area contributed by atoms with Gasteiger partial charge in [-0.15, -0.1) is 0 Å². The van der Waals surface area contributed by atoms with Crippen LogP contribution in [-0.2, 0) is 0 Å². The van der Waals surface area contributed by atoms with Crippen molar-refractivity contribution in [3.05, 3.63) is 17.1 Å². The highest BCUT2D eigenvalue weighted by Crippen LogP contribution is 2.40. The standard InChI is InChI=1S/C15H23N4O2/c1-4-20-14-11-13(19-8-6-18(3)7-9-19)15(21-5-2)10-12(14)17-16/h10-11H,4-9H2,1-3H3/q+1. The number of ether oxygens (including phenoxy) is 2. The van der Waals surface area contributed by atoms with E-state index in [9.17, 15) is 0 Å². The van der Waals surface area contributed by atoms with E-state index in [0.29, 0.717) is 24.7 Å². The second kappa shape index (κ2) is 7.14. The van der Waals surface area contributed by atoms with E-state index in [4.69, 9.17) is 14.9 Å². The lowest BCUT2D eigenvalue weighted by Gasteiger charge is -2.34. The van der Waals surface area contributed by atoms with Crippen molar-refractivity contribution in [3.63, 3.8) is 0 Å². The third-order valence-electron chi connectivity index (χ3n) is 3.59. The van der Waals surface area contributed by atoms with E-state index in [2.05, 4.69) is 21.8 Å². The van der Waals surface area contributed by atoms with Gasteiger partial charge in [-0.2, -0.15) is 0 Å². The molecule has 114 valence electrons. The van der Waals surface area contributed by atoms with E-state index in [-0.39, 0.29) is 0 Å². The third kappa shape index (κ3) is 3.56. The summed E-state index contributed by atoms with van der Waals surface area (Å²) in [5, 5.41) is 9.14. The highest BCUT2D eigenvalue weighted by Gasteiger charge is 2.25. The Balaban J connectivity index is 2.36. The average Bonchev–Trinajstić information content (AvgIpc) is 2.50. The van der Waals surface area contributed by atoms with Gasteiger partial charge in [0.25, 0.3) is 0 Å².